The first kappa shape index (κ1) is 24.6. The number of carbonyl (C=O) groups is 1. The highest BCUT2D eigenvalue weighted by Gasteiger charge is 2.15. The minimum absolute atomic E-state index is 0.143. The summed E-state index contributed by atoms with van der Waals surface area (Å²) in [6.07, 6.45) is 5.35. The highest BCUT2D eigenvalue weighted by atomic mass is 16.1. The van der Waals surface area contributed by atoms with Crippen LogP contribution in [0.15, 0.2) is 85.3 Å². The Balaban J connectivity index is 1.28. The van der Waals surface area contributed by atoms with Gasteiger partial charge in [-0.05, 0) is 73.1 Å². The fraction of sp³-hybridized carbons (Fsp3) is 0.233. The molecule has 2 aromatic heterocycles. The van der Waals surface area contributed by atoms with E-state index in [1.54, 1.807) is 12.4 Å². The van der Waals surface area contributed by atoms with Crippen molar-refractivity contribution in [3.05, 3.63) is 102 Å². The molecule has 1 aliphatic heterocycles. The predicted octanol–water partition coefficient (Wildman–Crippen LogP) is 5.20. The molecule has 0 atom stereocenters. The number of rotatable bonds is 7. The first-order valence-electron chi connectivity index (χ1n) is 12.6. The van der Waals surface area contributed by atoms with Crippen LogP contribution in [-0.2, 0) is 6.54 Å². The van der Waals surface area contributed by atoms with Crippen LogP contribution in [0.5, 0.6) is 0 Å². The number of benzene rings is 2. The molecule has 0 saturated carbocycles. The van der Waals surface area contributed by atoms with Gasteiger partial charge >= 0.3 is 0 Å². The number of likely N-dealkylation sites (N-methyl/N-ethyl adjacent to an activating group) is 1. The van der Waals surface area contributed by atoms with Gasteiger partial charge in [0.15, 0.2) is 0 Å². The number of aryl methyl sites for hydroxylation is 1. The van der Waals surface area contributed by atoms with Crippen LogP contribution in [0.25, 0.3) is 11.1 Å². The minimum Gasteiger partial charge on any atom is -0.339 e. The van der Waals surface area contributed by atoms with Gasteiger partial charge in [-0.1, -0.05) is 24.3 Å². The number of nitrogens with one attached hydrogen (secondary N) is 2. The molecule has 1 fully saturated rings. The normalized spacial score (nSPS) is 14.3. The second-order valence-corrected chi connectivity index (χ2v) is 9.58. The van der Waals surface area contributed by atoms with Gasteiger partial charge in [-0.2, -0.15) is 0 Å². The van der Waals surface area contributed by atoms with Crippen LogP contribution in [0.4, 0.5) is 17.2 Å². The topological polar surface area (TPSA) is 73.4 Å². The Labute approximate surface area is 218 Å². The van der Waals surface area contributed by atoms with E-state index < -0.39 is 0 Å². The van der Waals surface area contributed by atoms with E-state index in [1.165, 1.54) is 5.56 Å². The van der Waals surface area contributed by atoms with Crippen molar-refractivity contribution >= 4 is 23.1 Å². The highest BCUT2D eigenvalue weighted by molar-refractivity contribution is 6.06. The van der Waals surface area contributed by atoms with Crippen molar-refractivity contribution in [1.29, 1.82) is 0 Å². The number of pyridine rings is 2. The standard InChI is InChI=1S/C30H32N6O/c1-22-5-10-27(28(18-22)33-29-19-25(11-13-32-29)26-4-3-12-31-20-26)34-30(37)24-8-6-23(7-9-24)21-36-16-14-35(2)15-17-36/h3-13,18-20H,14-17,21H2,1-2H3,(H,32,33)(H,34,37). The molecular formula is C30H32N6O. The quantitative estimate of drug-likeness (QED) is 0.370. The Bertz CT molecular complexity index is 1350. The Morgan fingerprint density at radius 1 is 0.892 bits per heavy atom. The van der Waals surface area contributed by atoms with Crippen molar-refractivity contribution in [3.8, 4) is 11.1 Å². The zero-order valence-electron chi connectivity index (χ0n) is 21.3. The van der Waals surface area contributed by atoms with E-state index in [1.807, 2.05) is 67.7 Å². The van der Waals surface area contributed by atoms with Crippen molar-refractivity contribution in [3.63, 3.8) is 0 Å². The maximum Gasteiger partial charge on any atom is 0.255 e. The zero-order chi connectivity index (χ0) is 25.6. The molecule has 0 spiro atoms. The van der Waals surface area contributed by atoms with Gasteiger partial charge in [-0.25, -0.2) is 4.98 Å². The number of amides is 1. The van der Waals surface area contributed by atoms with Crippen LogP contribution in [0, 0.1) is 6.92 Å². The molecule has 0 unspecified atom stereocenters. The van der Waals surface area contributed by atoms with Crippen LogP contribution in [0.1, 0.15) is 21.5 Å². The third-order valence-corrected chi connectivity index (χ3v) is 6.66. The molecule has 188 valence electrons. The van der Waals surface area contributed by atoms with Gasteiger partial charge in [0.2, 0.25) is 0 Å². The van der Waals surface area contributed by atoms with E-state index in [2.05, 4.69) is 49.6 Å². The summed E-state index contributed by atoms with van der Waals surface area (Å²) in [4.78, 5) is 26.6. The first-order valence-corrected chi connectivity index (χ1v) is 12.6. The lowest BCUT2D eigenvalue weighted by molar-refractivity contribution is 0.102. The van der Waals surface area contributed by atoms with Gasteiger partial charge in [0.05, 0.1) is 11.4 Å². The molecule has 4 aromatic rings. The van der Waals surface area contributed by atoms with Gasteiger partial charge < -0.3 is 15.5 Å². The van der Waals surface area contributed by atoms with Crippen LogP contribution in [0.2, 0.25) is 0 Å². The summed E-state index contributed by atoms with van der Waals surface area (Å²) in [6.45, 7) is 7.26. The monoisotopic (exact) mass is 492 g/mol. The van der Waals surface area contributed by atoms with Crippen molar-refractivity contribution in [2.75, 3.05) is 43.9 Å². The second-order valence-electron chi connectivity index (χ2n) is 9.58. The third-order valence-electron chi connectivity index (χ3n) is 6.66. The number of carbonyl (C=O) groups excluding carboxylic acids is 1. The Hall–Kier alpha value is -4.07. The van der Waals surface area contributed by atoms with Gasteiger partial charge in [0.1, 0.15) is 5.82 Å². The Kier molecular flexibility index (Phi) is 7.54. The largest absolute Gasteiger partial charge is 0.339 e. The van der Waals surface area contributed by atoms with E-state index in [0.29, 0.717) is 17.1 Å². The Morgan fingerprint density at radius 3 is 2.46 bits per heavy atom. The van der Waals surface area contributed by atoms with E-state index >= 15 is 0 Å². The van der Waals surface area contributed by atoms with Gasteiger partial charge in [0.25, 0.3) is 5.91 Å². The number of nitrogens with zero attached hydrogens (tertiary/aromatic N) is 4. The molecule has 1 amide bonds. The summed E-state index contributed by atoms with van der Waals surface area (Å²) in [5.41, 5.74) is 6.45. The summed E-state index contributed by atoms with van der Waals surface area (Å²) in [5.74, 6) is 0.547. The molecule has 0 bridgehead atoms. The molecule has 5 rings (SSSR count). The van der Waals surface area contributed by atoms with Crippen LogP contribution >= 0.6 is 0 Å². The summed E-state index contributed by atoms with van der Waals surface area (Å²) >= 11 is 0. The van der Waals surface area contributed by atoms with E-state index in [-0.39, 0.29) is 5.91 Å². The summed E-state index contributed by atoms with van der Waals surface area (Å²) in [5, 5.41) is 6.45. The molecule has 37 heavy (non-hydrogen) atoms. The molecule has 2 N–H and O–H groups in total. The molecule has 3 heterocycles. The van der Waals surface area contributed by atoms with Gasteiger partial charge in [-0.15, -0.1) is 0 Å². The summed E-state index contributed by atoms with van der Waals surface area (Å²) in [7, 11) is 2.16. The lowest BCUT2D eigenvalue weighted by atomic mass is 10.1. The number of hydrogen-bond donors (Lipinski definition) is 2. The lowest BCUT2D eigenvalue weighted by Gasteiger charge is -2.32. The second kappa shape index (κ2) is 11.3. The predicted molar refractivity (Wildman–Crippen MR) is 149 cm³/mol. The Morgan fingerprint density at radius 2 is 1.70 bits per heavy atom. The van der Waals surface area contributed by atoms with Crippen LogP contribution < -0.4 is 10.6 Å². The average Bonchev–Trinajstić information content (AvgIpc) is 2.92. The molecule has 0 radical (unpaired) electrons. The molecule has 7 nitrogen and oxygen atoms in total. The fourth-order valence-electron chi connectivity index (χ4n) is 4.44. The molecule has 0 aliphatic carbocycles. The number of piperazine rings is 1. The van der Waals surface area contributed by atoms with Crippen molar-refractivity contribution in [1.82, 2.24) is 19.8 Å². The summed E-state index contributed by atoms with van der Waals surface area (Å²) < 4.78 is 0. The molecular weight excluding hydrogens is 460 g/mol. The maximum atomic E-state index is 13.1. The number of hydrogen-bond acceptors (Lipinski definition) is 6. The van der Waals surface area contributed by atoms with Crippen molar-refractivity contribution < 1.29 is 4.79 Å². The lowest BCUT2D eigenvalue weighted by Crippen LogP contribution is -2.43. The molecule has 1 saturated heterocycles. The van der Waals surface area contributed by atoms with E-state index in [4.69, 9.17) is 0 Å². The molecule has 2 aromatic carbocycles. The van der Waals surface area contributed by atoms with E-state index in [0.717, 1.165) is 55.1 Å². The third kappa shape index (κ3) is 6.39. The zero-order valence-corrected chi connectivity index (χ0v) is 21.3. The van der Waals surface area contributed by atoms with Gasteiger partial charge in [-0.3, -0.25) is 14.7 Å². The van der Waals surface area contributed by atoms with E-state index in [9.17, 15) is 4.79 Å². The molecule has 7 heteroatoms. The maximum absolute atomic E-state index is 13.1. The number of aromatic nitrogens is 2. The fourth-order valence-corrected chi connectivity index (χ4v) is 4.44. The van der Waals surface area contributed by atoms with Crippen molar-refractivity contribution in [2.45, 2.75) is 13.5 Å². The SMILES string of the molecule is Cc1ccc(NC(=O)c2ccc(CN3CCN(C)CC3)cc2)c(Nc2cc(-c3cccnc3)ccn2)c1. The minimum atomic E-state index is -0.143. The van der Waals surface area contributed by atoms with Crippen LogP contribution in [0.3, 0.4) is 0 Å². The average molecular weight is 493 g/mol. The summed E-state index contributed by atoms with van der Waals surface area (Å²) in [6, 6.07) is 21.7. The highest BCUT2D eigenvalue weighted by Crippen LogP contribution is 2.28. The molecule has 1 aliphatic rings. The van der Waals surface area contributed by atoms with Gasteiger partial charge in [0, 0.05) is 62.4 Å². The van der Waals surface area contributed by atoms with Crippen molar-refractivity contribution in [2.24, 2.45) is 0 Å². The first-order chi connectivity index (χ1) is 18.0. The van der Waals surface area contributed by atoms with Crippen LogP contribution in [-0.4, -0.2) is 58.9 Å². The number of anilines is 3. The smallest absolute Gasteiger partial charge is 0.255 e.